The van der Waals surface area contributed by atoms with Crippen LogP contribution in [0.4, 0.5) is 11.4 Å². The summed E-state index contributed by atoms with van der Waals surface area (Å²) in [5, 5.41) is 3.02. The van der Waals surface area contributed by atoms with Gasteiger partial charge in [-0.25, -0.2) is 0 Å². The molecule has 1 aromatic heterocycles. The zero-order valence-electron chi connectivity index (χ0n) is 18.5. The van der Waals surface area contributed by atoms with Gasteiger partial charge >= 0.3 is 0 Å². The summed E-state index contributed by atoms with van der Waals surface area (Å²) in [7, 11) is 1.58. The van der Waals surface area contributed by atoms with E-state index in [9.17, 15) is 9.59 Å². The van der Waals surface area contributed by atoms with Crippen LogP contribution < -0.4 is 15.0 Å². The van der Waals surface area contributed by atoms with Crippen molar-refractivity contribution < 1.29 is 14.3 Å². The fourth-order valence-electron chi connectivity index (χ4n) is 3.41. The lowest BCUT2D eigenvalue weighted by Gasteiger charge is -2.37. The van der Waals surface area contributed by atoms with Gasteiger partial charge in [-0.2, -0.15) is 0 Å². The number of nitrogens with one attached hydrogen (secondary N) is 1. The van der Waals surface area contributed by atoms with Gasteiger partial charge in [-0.3, -0.25) is 19.5 Å². The van der Waals surface area contributed by atoms with Crippen LogP contribution in [0.25, 0.3) is 0 Å². The number of hydrogen-bond acceptors (Lipinski definition) is 4. The second-order valence-electron chi connectivity index (χ2n) is 7.83. The average Bonchev–Trinajstić information content (AvgIpc) is 2.77. The molecule has 6 nitrogen and oxygen atoms in total. The third kappa shape index (κ3) is 4.58. The fourth-order valence-corrected chi connectivity index (χ4v) is 3.41. The Hall–Kier alpha value is -3.67. The van der Waals surface area contributed by atoms with Crippen LogP contribution in [0.5, 0.6) is 5.75 Å². The minimum Gasteiger partial charge on any atom is -0.497 e. The zero-order valence-corrected chi connectivity index (χ0v) is 18.5. The first-order chi connectivity index (χ1) is 14.8. The molecule has 3 aromatic rings. The van der Waals surface area contributed by atoms with Gasteiger partial charge in [0.25, 0.3) is 5.91 Å². The lowest BCUT2D eigenvalue weighted by atomic mass is 9.98. The number of aryl methyl sites for hydroxylation is 2. The first kappa shape index (κ1) is 22.0. The van der Waals surface area contributed by atoms with E-state index >= 15 is 0 Å². The van der Waals surface area contributed by atoms with Crippen molar-refractivity contribution >= 4 is 23.2 Å². The minimum absolute atomic E-state index is 0.256. The molecule has 1 heterocycles. The molecule has 31 heavy (non-hydrogen) atoms. The Kier molecular flexibility index (Phi) is 6.39. The lowest BCUT2D eigenvalue weighted by molar-refractivity contribution is -0.120. The van der Waals surface area contributed by atoms with Gasteiger partial charge in [0.15, 0.2) is 0 Å². The van der Waals surface area contributed by atoms with Gasteiger partial charge in [0.05, 0.1) is 7.11 Å². The average molecular weight is 418 g/mol. The van der Waals surface area contributed by atoms with Gasteiger partial charge in [0.2, 0.25) is 5.91 Å². The zero-order chi connectivity index (χ0) is 22.6. The van der Waals surface area contributed by atoms with Crippen molar-refractivity contribution in [2.45, 2.75) is 33.2 Å². The summed E-state index contributed by atoms with van der Waals surface area (Å²) in [4.78, 5) is 32.6. The standard InChI is InChI=1S/C25H27N3O3/c1-17-9-8-10-18(2)22(17)27-24(30)25(3,4)28(19-12-14-20(31-5)15-13-19)23(29)21-11-6-7-16-26-21/h6-16H,1-5H3,(H,27,30). The van der Waals surface area contributed by atoms with Gasteiger partial charge in [-0.15, -0.1) is 0 Å². The number of methoxy groups -OCH3 is 1. The Morgan fingerprint density at radius 1 is 0.935 bits per heavy atom. The Morgan fingerprint density at radius 2 is 1.58 bits per heavy atom. The summed E-state index contributed by atoms with van der Waals surface area (Å²) in [6.45, 7) is 7.33. The van der Waals surface area contributed by atoms with E-state index in [0.29, 0.717) is 11.4 Å². The summed E-state index contributed by atoms with van der Waals surface area (Å²) in [5.41, 5.74) is 2.27. The number of carbonyl (C=O) groups is 2. The van der Waals surface area contributed by atoms with E-state index < -0.39 is 5.54 Å². The molecule has 0 bridgehead atoms. The van der Waals surface area contributed by atoms with Gasteiger partial charge < -0.3 is 10.1 Å². The van der Waals surface area contributed by atoms with Crippen LogP contribution in [-0.2, 0) is 4.79 Å². The molecule has 2 aromatic carbocycles. The predicted octanol–water partition coefficient (Wildman–Crippen LogP) is 4.77. The highest BCUT2D eigenvalue weighted by Gasteiger charge is 2.40. The van der Waals surface area contributed by atoms with Crippen molar-refractivity contribution in [3.8, 4) is 5.75 Å². The van der Waals surface area contributed by atoms with Crippen molar-refractivity contribution in [1.82, 2.24) is 4.98 Å². The molecule has 0 aliphatic rings. The van der Waals surface area contributed by atoms with Crippen LogP contribution in [0.2, 0.25) is 0 Å². The van der Waals surface area contributed by atoms with Crippen LogP contribution in [0.3, 0.4) is 0 Å². The van der Waals surface area contributed by atoms with Crippen LogP contribution >= 0.6 is 0 Å². The van der Waals surface area contributed by atoms with Gasteiger partial charge in [0, 0.05) is 17.6 Å². The second-order valence-corrected chi connectivity index (χ2v) is 7.83. The molecule has 2 amide bonds. The van der Waals surface area contributed by atoms with E-state index in [1.807, 2.05) is 32.0 Å². The van der Waals surface area contributed by atoms with Crippen molar-refractivity contribution in [3.63, 3.8) is 0 Å². The number of pyridine rings is 1. The molecule has 0 aliphatic heterocycles. The number of para-hydroxylation sites is 1. The summed E-state index contributed by atoms with van der Waals surface area (Å²) >= 11 is 0. The Bertz CT molecular complexity index is 1060. The number of amides is 2. The third-order valence-electron chi connectivity index (χ3n) is 5.25. The van der Waals surface area contributed by atoms with E-state index in [-0.39, 0.29) is 17.5 Å². The second kappa shape index (κ2) is 9.00. The molecule has 160 valence electrons. The third-order valence-corrected chi connectivity index (χ3v) is 5.25. The first-order valence-corrected chi connectivity index (χ1v) is 10.0. The molecule has 0 unspecified atom stereocenters. The normalized spacial score (nSPS) is 11.0. The fraction of sp³-hybridized carbons (Fsp3) is 0.240. The molecule has 6 heteroatoms. The van der Waals surface area contributed by atoms with Crippen molar-refractivity contribution in [2.24, 2.45) is 0 Å². The molecule has 0 spiro atoms. The smallest absolute Gasteiger partial charge is 0.277 e. The quantitative estimate of drug-likeness (QED) is 0.627. The number of hydrogen-bond donors (Lipinski definition) is 1. The van der Waals surface area contributed by atoms with Crippen molar-refractivity contribution in [2.75, 3.05) is 17.3 Å². The molecule has 0 atom stereocenters. The Labute approximate surface area is 182 Å². The van der Waals surface area contributed by atoms with E-state index in [1.54, 1.807) is 69.6 Å². The highest BCUT2D eigenvalue weighted by Crippen LogP contribution is 2.30. The van der Waals surface area contributed by atoms with E-state index in [2.05, 4.69) is 10.3 Å². The van der Waals surface area contributed by atoms with Crippen LogP contribution in [0.1, 0.15) is 35.5 Å². The number of anilines is 2. The molecular formula is C25H27N3O3. The number of rotatable bonds is 6. The SMILES string of the molecule is COc1ccc(N(C(=O)c2ccccn2)C(C)(C)C(=O)Nc2c(C)cccc2C)cc1. The monoisotopic (exact) mass is 417 g/mol. The van der Waals surface area contributed by atoms with E-state index in [1.165, 1.54) is 4.90 Å². The number of ether oxygens (including phenoxy) is 1. The van der Waals surface area contributed by atoms with Crippen molar-refractivity contribution in [1.29, 1.82) is 0 Å². The van der Waals surface area contributed by atoms with E-state index in [4.69, 9.17) is 4.74 Å². The number of nitrogens with zero attached hydrogens (tertiary/aromatic N) is 2. The summed E-state index contributed by atoms with van der Waals surface area (Å²) in [6, 6.07) is 18.0. The molecule has 0 aliphatic carbocycles. The molecule has 3 rings (SSSR count). The highest BCUT2D eigenvalue weighted by molar-refractivity contribution is 6.12. The molecular weight excluding hydrogens is 390 g/mol. The maximum atomic E-state index is 13.5. The Morgan fingerprint density at radius 3 is 2.13 bits per heavy atom. The predicted molar refractivity (Wildman–Crippen MR) is 123 cm³/mol. The minimum atomic E-state index is -1.21. The maximum absolute atomic E-state index is 13.5. The molecule has 0 radical (unpaired) electrons. The van der Waals surface area contributed by atoms with Crippen LogP contribution in [-0.4, -0.2) is 29.4 Å². The van der Waals surface area contributed by atoms with E-state index in [0.717, 1.165) is 16.8 Å². The molecule has 0 saturated carbocycles. The van der Waals surface area contributed by atoms with Crippen LogP contribution in [0.15, 0.2) is 66.9 Å². The molecule has 1 N–H and O–H groups in total. The molecule has 0 saturated heterocycles. The lowest BCUT2D eigenvalue weighted by Crippen LogP contribution is -2.56. The topological polar surface area (TPSA) is 71.5 Å². The number of carbonyl (C=O) groups excluding carboxylic acids is 2. The summed E-state index contributed by atoms with van der Waals surface area (Å²) in [5.74, 6) is -0.0100. The first-order valence-electron chi connectivity index (χ1n) is 10.0. The van der Waals surface area contributed by atoms with Gasteiger partial charge in [-0.1, -0.05) is 24.3 Å². The molecule has 0 fully saturated rings. The number of benzene rings is 2. The van der Waals surface area contributed by atoms with Crippen LogP contribution in [0, 0.1) is 13.8 Å². The number of aromatic nitrogens is 1. The largest absolute Gasteiger partial charge is 0.497 e. The van der Waals surface area contributed by atoms with Gasteiger partial charge in [-0.05, 0) is 75.2 Å². The Balaban J connectivity index is 2.03. The van der Waals surface area contributed by atoms with Gasteiger partial charge in [0.1, 0.15) is 17.0 Å². The summed E-state index contributed by atoms with van der Waals surface area (Å²) in [6.07, 6.45) is 1.56. The summed E-state index contributed by atoms with van der Waals surface area (Å²) < 4.78 is 5.24. The van der Waals surface area contributed by atoms with Crippen molar-refractivity contribution in [3.05, 3.63) is 83.7 Å². The maximum Gasteiger partial charge on any atom is 0.277 e. The highest BCUT2D eigenvalue weighted by atomic mass is 16.5.